The Labute approximate surface area is 97.7 Å². The molecule has 2 saturated heterocycles. The summed E-state index contributed by atoms with van der Waals surface area (Å²) in [5.74, 6) is 0.889. The average Bonchev–Trinajstić information content (AvgIpc) is 2.24. The molecule has 0 bridgehead atoms. The topological polar surface area (TPSA) is 55.4 Å². The summed E-state index contributed by atoms with van der Waals surface area (Å²) >= 11 is 0. The minimum absolute atomic E-state index is 0.0610. The zero-order valence-corrected chi connectivity index (χ0v) is 10.6. The van der Waals surface area contributed by atoms with E-state index in [4.69, 9.17) is 4.74 Å². The molecule has 0 saturated carbocycles. The number of hydrogen-bond donors (Lipinski definition) is 1. The molecule has 2 fully saturated rings. The van der Waals surface area contributed by atoms with E-state index in [9.17, 15) is 8.42 Å². The molecule has 2 aliphatic heterocycles. The van der Waals surface area contributed by atoms with E-state index in [1.54, 1.807) is 0 Å². The average molecular weight is 247 g/mol. The van der Waals surface area contributed by atoms with Crippen LogP contribution in [0.2, 0.25) is 0 Å². The lowest BCUT2D eigenvalue weighted by Gasteiger charge is -2.32. The molecular formula is C11H21NO3S. The molecule has 0 aromatic heterocycles. The maximum Gasteiger partial charge on any atom is 0.153 e. The van der Waals surface area contributed by atoms with Gasteiger partial charge in [-0.05, 0) is 18.8 Å². The smallest absolute Gasteiger partial charge is 0.153 e. The van der Waals surface area contributed by atoms with Crippen LogP contribution < -0.4 is 5.32 Å². The highest BCUT2D eigenvalue weighted by Gasteiger charge is 2.32. The molecule has 2 aliphatic rings. The quantitative estimate of drug-likeness (QED) is 0.788. The van der Waals surface area contributed by atoms with Crippen LogP contribution in [0, 0.1) is 5.92 Å². The molecule has 0 aromatic carbocycles. The summed E-state index contributed by atoms with van der Waals surface area (Å²) in [7, 11) is -2.86. The lowest BCUT2D eigenvalue weighted by atomic mass is 10.1. The molecule has 2 heterocycles. The summed E-state index contributed by atoms with van der Waals surface area (Å²) in [5.41, 5.74) is 0. The number of sulfone groups is 1. The van der Waals surface area contributed by atoms with Gasteiger partial charge in [-0.25, -0.2) is 8.42 Å². The predicted molar refractivity (Wildman–Crippen MR) is 62.9 cm³/mol. The number of rotatable bonds is 2. The highest BCUT2D eigenvalue weighted by atomic mass is 32.2. The lowest BCUT2D eigenvalue weighted by molar-refractivity contribution is -0.0285. The van der Waals surface area contributed by atoms with Gasteiger partial charge in [-0.1, -0.05) is 13.3 Å². The van der Waals surface area contributed by atoms with Crippen molar-refractivity contribution in [1.82, 2.24) is 5.32 Å². The van der Waals surface area contributed by atoms with E-state index in [2.05, 4.69) is 12.2 Å². The van der Waals surface area contributed by atoms with Crippen LogP contribution in [0.5, 0.6) is 0 Å². The zero-order chi connectivity index (χ0) is 11.6. The highest BCUT2D eigenvalue weighted by molar-refractivity contribution is 7.92. The van der Waals surface area contributed by atoms with Crippen molar-refractivity contribution in [3.05, 3.63) is 0 Å². The summed E-state index contributed by atoms with van der Waals surface area (Å²) in [4.78, 5) is 0. The molecule has 4 nitrogen and oxygen atoms in total. The molecule has 3 atom stereocenters. The minimum Gasteiger partial charge on any atom is -0.363 e. The largest absolute Gasteiger partial charge is 0.363 e. The van der Waals surface area contributed by atoms with Gasteiger partial charge in [0.05, 0.1) is 17.6 Å². The monoisotopic (exact) mass is 247 g/mol. The van der Waals surface area contributed by atoms with Crippen LogP contribution in [0.4, 0.5) is 0 Å². The van der Waals surface area contributed by atoms with Crippen molar-refractivity contribution >= 4 is 9.84 Å². The molecule has 0 aliphatic carbocycles. The Morgan fingerprint density at radius 1 is 1.38 bits per heavy atom. The summed E-state index contributed by atoms with van der Waals surface area (Å²) in [5, 5.41) is 3.08. The zero-order valence-electron chi connectivity index (χ0n) is 9.81. The van der Waals surface area contributed by atoms with Crippen molar-refractivity contribution < 1.29 is 13.2 Å². The molecule has 0 radical (unpaired) electrons. The van der Waals surface area contributed by atoms with E-state index in [0.29, 0.717) is 18.1 Å². The van der Waals surface area contributed by atoms with Crippen LogP contribution >= 0.6 is 0 Å². The Morgan fingerprint density at radius 3 is 2.81 bits per heavy atom. The van der Waals surface area contributed by atoms with Gasteiger partial charge in [-0.2, -0.15) is 0 Å². The minimum atomic E-state index is -2.86. The van der Waals surface area contributed by atoms with Crippen LogP contribution in [-0.2, 0) is 14.6 Å². The van der Waals surface area contributed by atoms with E-state index in [1.165, 1.54) is 0 Å². The first-order valence-electron chi connectivity index (χ1n) is 6.14. The molecule has 0 spiro atoms. The summed E-state index contributed by atoms with van der Waals surface area (Å²) in [6.07, 6.45) is 3.23. The third-order valence-electron chi connectivity index (χ3n) is 3.47. The van der Waals surface area contributed by atoms with Gasteiger partial charge >= 0.3 is 0 Å². The number of ether oxygens (including phenoxy) is 1. The maximum absolute atomic E-state index is 11.8. The Morgan fingerprint density at radius 2 is 2.19 bits per heavy atom. The van der Waals surface area contributed by atoms with Crippen molar-refractivity contribution in [2.75, 3.05) is 18.9 Å². The van der Waals surface area contributed by atoms with E-state index in [0.717, 1.165) is 32.4 Å². The van der Waals surface area contributed by atoms with Crippen molar-refractivity contribution in [3.8, 4) is 0 Å². The summed E-state index contributed by atoms with van der Waals surface area (Å²) < 4.78 is 29.3. The first-order chi connectivity index (χ1) is 7.58. The molecular weight excluding hydrogens is 226 g/mol. The lowest BCUT2D eigenvalue weighted by Crippen LogP contribution is -2.45. The van der Waals surface area contributed by atoms with Gasteiger partial charge in [-0.15, -0.1) is 0 Å². The second-order valence-electron chi connectivity index (χ2n) is 5.06. The molecule has 0 amide bonds. The summed E-state index contributed by atoms with van der Waals surface area (Å²) in [6, 6.07) is 0. The van der Waals surface area contributed by atoms with Crippen molar-refractivity contribution in [1.29, 1.82) is 0 Å². The third kappa shape index (κ3) is 2.96. The molecule has 0 aromatic rings. The van der Waals surface area contributed by atoms with Gasteiger partial charge < -0.3 is 4.74 Å². The molecule has 3 unspecified atom stereocenters. The molecule has 2 rings (SSSR count). The fraction of sp³-hybridized carbons (Fsp3) is 1.00. The van der Waals surface area contributed by atoms with E-state index in [1.807, 2.05) is 0 Å². The Hall–Kier alpha value is -0.130. The second-order valence-corrected chi connectivity index (χ2v) is 7.46. The van der Waals surface area contributed by atoms with Gasteiger partial charge in [0.1, 0.15) is 6.23 Å². The van der Waals surface area contributed by atoms with Crippen molar-refractivity contribution in [2.24, 2.45) is 5.92 Å². The van der Waals surface area contributed by atoms with Gasteiger partial charge in [-0.3, -0.25) is 5.32 Å². The Kier molecular flexibility index (Phi) is 3.87. The molecule has 94 valence electrons. The second kappa shape index (κ2) is 5.02. The van der Waals surface area contributed by atoms with Crippen molar-refractivity contribution in [2.45, 2.75) is 44.1 Å². The summed E-state index contributed by atoms with van der Waals surface area (Å²) in [6.45, 7) is 3.79. The Bertz CT molecular complexity index is 320. The molecule has 16 heavy (non-hydrogen) atoms. The van der Waals surface area contributed by atoms with Gasteiger partial charge in [0, 0.05) is 13.0 Å². The van der Waals surface area contributed by atoms with Crippen molar-refractivity contribution in [3.63, 3.8) is 0 Å². The first kappa shape index (κ1) is 12.3. The Balaban J connectivity index is 1.89. The maximum atomic E-state index is 11.8. The van der Waals surface area contributed by atoms with Gasteiger partial charge in [0.2, 0.25) is 0 Å². The first-order valence-corrected chi connectivity index (χ1v) is 7.86. The van der Waals surface area contributed by atoms with Crippen LogP contribution in [0.1, 0.15) is 32.6 Å². The van der Waals surface area contributed by atoms with Crippen LogP contribution in [0.25, 0.3) is 0 Å². The van der Waals surface area contributed by atoms with Crippen LogP contribution in [-0.4, -0.2) is 38.8 Å². The van der Waals surface area contributed by atoms with E-state index >= 15 is 0 Å². The van der Waals surface area contributed by atoms with Gasteiger partial charge in [0.15, 0.2) is 9.84 Å². The van der Waals surface area contributed by atoms with E-state index in [-0.39, 0.29) is 11.5 Å². The number of nitrogens with one attached hydrogen (secondary N) is 1. The third-order valence-corrected chi connectivity index (χ3v) is 5.77. The highest BCUT2D eigenvalue weighted by Crippen LogP contribution is 2.24. The van der Waals surface area contributed by atoms with Crippen LogP contribution in [0.3, 0.4) is 0 Å². The van der Waals surface area contributed by atoms with E-state index < -0.39 is 9.84 Å². The fourth-order valence-corrected chi connectivity index (χ4v) is 4.34. The fourth-order valence-electron chi connectivity index (χ4n) is 2.41. The number of hydrogen-bond acceptors (Lipinski definition) is 4. The van der Waals surface area contributed by atoms with Gasteiger partial charge in [0.25, 0.3) is 0 Å². The molecule has 1 N–H and O–H groups in total. The normalized spacial score (nSPS) is 39.4. The van der Waals surface area contributed by atoms with Crippen LogP contribution in [0.15, 0.2) is 0 Å². The predicted octanol–water partition coefficient (Wildman–Crippen LogP) is 0.926. The SMILES string of the molecule is CC1CNC(CC2CCCCS2(=O)=O)OC1. The molecule has 5 heteroatoms. The standard InChI is InChI=1S/C11H21NO3S/c1-9-7-12-11(15-8-9)6-10-4-2-3-5-16(10,13)14/h9-12H,2-8H2,1H3.